The SMILES string of the molecule is CN(C)C(=O)CCNC(=O)c1ccc(F)c(C(F)(F)F)c1. The second-order valence-electron chi connectivity index (χ2n) is 4.49. The Morgan fingerprint density at radius 2 is 1.86 bits per heavy atom. The van der Waals surface area contributed by atoms with E-state index in [-0.39, 0.29) is 24.4 Å². The van der Waals surface area contributed by atoms with Gasteiger partial charge in [0.05, 0.1) is 5.56 Å². The van der Waals surface area contributed by atoms with Crippen LogP contribution in [-0.2, 0) is 11.0 Å². The lowest BCUT2D eigenvalue weighted by Gasteiger charge is -2.12. The van der Waals surface area contributed by atoms with Gasteiger partial charge in [-0.15, -0.1) is 0 Å². The Bertz CT molecular complexity index is 541. The fraction of sp³-hybridized carbons (Fsp3) is 0.385. The van der Waals surface area contributed by atoms with Crippen LogP contribution in [0.5, 0.6) is 0 Å². The van der Waals surface area contributed by atoms with Crippen LogP contribution in [0.4, 0.5) is 17.6 Å². The van der Waals surface area contributed by atoms with Crippen LogP contribution >= 0.6 is 0 Å². The highest BCUT2D eigenvalue weighted by Gasteiger charge is 2.34. The molecule has 0 unspecified atom stereocenters. The molecule has 0 spiro atoms. The van der Waals surface area contributed by atoms with Gasteiger partial charge in [0.1, 0.15) is 5.82 Å². The number of hydrogen-bond donors (Lipinski definition) is 1. The van der Waals surface area contributed by atoms with Crippen LogP contribution in [-0.4, -0.2) is 37.4 Å². The third-order valence-corrected chi connectivity index (χ3v) is 2.66. The molecule has 1 rings (SSSR count). The van der Waals surface area contributed by atoms with E-state index < -0.39 is 23.5 Å². The number of hydrogen-bond acceptors (Lipinski definition) is 2. The number of carbonyl (C=O) groups excluding carboxylic acids is 2. The van der Waals surface area contributed by atoms with Gasteiger partial charge in [-0.3, -0.25) is 9.59 Å². The van der Waals surface area contributed by atoms with Crippen LogP contribution in [0.2, 0.25) is 0 Å². The monoisotopic (exact) mass is 306 g/mol. The van der Waals surface area contributed by atoms with Crippen LogP contribution < -0.4 is 5.32 Å². The van der Waals surface area contributed by atoms with Crippen molar-refractivity contribution in [3.05, 3.63) is 35.1 Å². The molecule has 0 radical (unpaired) electrons. The minimum atomic E-state index is -4.87. The van der Waals surface area contributed by atoms with Gasteiger partial charge >= 0.3 is 6.18 Å². The molecule has 0 saturated heterocycles. The molecule has 8 heteroatoms. The molecule has 0 heterocycles. The molecule has 116 valence electrons. The molecular formula is C13H14F4N2O2. The van der Waals surface area contributed by atoms with Gasteiger partial charge in [-0.2, -0.15) is 13.2 Å². The van der Waals surface area contributed by atoms with Crippen LogP contribution in [0, 0.1) is 5.82 Å². The number of nitrogens with zero attached hydrogens (tertiary/aromatic N) is 1. The second-order valence-corrected chi connectivity index (χ2v) is 4.49. The van der Waals surface area contributed by atoms with Crippen molar-refractivity contribution in [1.29, 1.82) is 0 Å². The minimum Gasteiger partial charge on any atom is -0.352 e. The molecule has 21 heavy (non-hydrogen) atoms. The summed E-state index contributed by atoms with van der Waals surface area (Å²) in [4.78, 5) is 24.3. The summed E-state index contributed by atoms with van der Waals surface area (Å²) < 4.78 is 50.6. The molecule has 1 aromatic rings. The molecule has 0 aliphatic rings. The molecule has 1 N–H and O–H groups in total. The maximum Gasteiger partial charge on any atom is 0.419 e. The average Bonchev–Trinajstić information content (AvgIpc) is 2.37. The molecule has 1 aromatic carbocycles. The number of nitrogens with one attached hydrogen (secondary N) is 1. The molecule has 0 fully saturated rings. The largest absolute Gasteiger partial charge is 0.419 e. The molecule has 4 nitrogen and oxygen atoms in total. The number of alkyl halides is 3. The summed E-state index contributed by atoms with van der Waals surface area (Å²) in [6, 6.07) is 1.98. The summed E-state index contributed by atoms with van der Waals surface area (Å²) in [6.07, 6.45) is -4.85. The Kier molecular flexibility index (Phi) is 5.28. The van der Waals surface area contributed by atoms with Gasteiger partial charge in [0.25, 0.3) is 5.91 Å². The molecule has 0 bridgehead atoms. The number of halogens is 4. The van der Waals surface area contributed by atoms with Crippen molar-refractivity contribution in [2.75, 3.05) is 20.6 Å². The Hall–Kier alpha value is -2.12. The van der Waals surface area contributed by atoms with E-state index in [1.807, 2.05) is 0 Å². The maximum absolute atomic E-state index is 13.1. The summed E-state index contributed by atoms with van der Waals surface area (Å²) in [5.74, 6) is -2.47. The van der Waals surface area contributed by atoms with Gasteiger partial charge < -0.3 is 10.2 Å². The summed E-state index contributed by atoms with van der Waals surface area (Å²) in [5.41, 5.74) is -1.82. The molecule has 0 aliphatic heterocycles. The number of amides is 2. The molecular weight excluding hydrogens is 292 g/mol. The van der Waals surface area contributed by atoms with E-state index in [1.165, 1.54) is 4.90 Å². The Balaban J connectivity index is 2.74. The van der Waals surface area contributed by atoms with Gasteiger partial charge in [0.15, 0.2) is 0 Å². The Morgan fingerprint density at radius 3 is 2.38 bits per heavy atom. The zero-order valence-electron chi connectivity index (χ0n) is 11.4. The van der Waals surface area contributed by atoms with E-state index in [9.17, 15) is 27.2 Å². The van der Waals surface area contributed by atoms with Crippen molar-refractivity contribution in [3.63, 3.8) is 0 Å². The van der Waals surface area contributed by atoms with Gasteiger partial charge in [-0.25, -0.2) is 4.39 Å². The first-order valence-corrected chi connectivity index (χ1v) is 5.98. The lowest BCUT2D eigenvalue weighted by molar-refractivity contribution is -0.140. The topological polar surface area (TPSA) is 49.4 Å². The lowest BCUT2D eigenvalue weighted by atomic mass is 10.1. The van der Waals surface area contributed by atoms with Gasteiger partial charge in [0.2, 0.25) is 5.91 Å². The first-order chi connectivity index (χ1) is 9.62. The highest BCUT2D eigenvalue weighted by molar-refractivity contribution is 5.94. The van der Waals surface area contributed by atoms with E-state index in [4.69, 9.17) is 0 Å². The van der Waals surface area contributed by atoms with E-state index in [0.717, 1.165) is 6.07 Å². The fourth-order valence-electron chi connectivity index (χ4n) is 1.49. The first-order valence-electron chi connectivity index (χ1n) is 5.98. The average molecular weight is 306 g/mol. The van der Waals surface area contributed by atoms with E-state index >= 15 is 0 Å². The molecule has 0 aromatic heterocycles. The Labute approximate surface area is 118 Å². The fourth-order valence-corrected chi connectivity index (χ4v) is 1.49. The van der Waals surface area contributed by atoms with Crippen molar-refractivity contribution in [3.8, 4) is 0 Å². The zero-order valence-corrected chi connectivity index (χ0v) is 11.4. The zero-order chi connectivity index (χ0) is 16.2. The van der Waals surface area contributed by atoms with E-state index in [1.54, 1.807) is 14.1 Å². The van der Waals surface area contributed by atoms with E-state index in [2.05, 4.69) is 5.32 Å². The third kappa shape index (κ3) is 4.73. The van der Waals surface area contributed by atoms with Crippen LogP contribution in [0.15, 0.2) is 18.2 Å². The third-order valence-electron chi connectivity index (χ3n) is 2.66. The number of carbonyl (C=O) groups is 2. The standard InChI is InChI=1S/C13H14F4N2O2/c1-19(2)11(20)5-6-18-12(21)8-3-4-10(14)9(7-8)13(15,16)17/h3-4,7H,5-6H2,1-2H3,(H,18,21). The van der Waals surface area contributed by atoms with Crippen molar-refractivity contribution in [1.82, 2.24) is 10.2 Å². The van der Waals surface area contributed by atoms with Crippen LogP contribution in [0.25, 0.3) is 0 Å². The quantitative estimate of drug-likeness (QED) is 0.866. The van der Waals surface area contributed by atoms with Crippen molar-refractivity contribution >= 4 is 11.8 Å². The highest BCUT2D eigenvalue weighted by Crippen LogP contribution is 2.31. The molecule has 0 atom stereocenters. The molecule has 0 aliphatic carbocycles. The minimum absolute atomic E-state index is 0.0193. The second kappa shape index (κ2) is 6.55. The van der Waals surface area contributed by atoms with Crippen molar-refractivity contribution in [2.45, 2.75) is 12.6 Å². The first kappa shape index (κ1) is 16.9. The van der Waals surface area contributed by atoms with Crippen molar-refractivity contribution in [2.24, 2.45) is 0 Å². The summed E-state index contributed by atoms with van der Waals surface area (Å²) in [5, 5.41) is 2.31. The number of benzene rings is 1. The van der Waals surface area contributed by atoms with Gasteiger partial charge in [0, 0.05) is 32.6 Å². The normalized spacial score (nSPS) is 11.1. The summed E-state index contributed by atoms with van der Waals surface area (Å²) >= 11 is 0. The smallest absolute Gasteiger partial charge is 0.352 e. The lowest BCUT2D eigenvalue weighted by Crippen LogP contribution is -2.30. The van der Waals surface area contributed by atoms with Crippen LogP contribution in [0.3, 0.4) is 0 Å². The summed E-state index contributed by atoms with van der Waals surface area (Å²) in [7, 11) is 3.08. The summed E-state index contributed by atoms with van der Waals surface area (Å²) in [6.45, 7) is -0.0193. The van der Waals surface area contributed by atoms with Gasteiger partial charge in [-0.05, 0) is 18.2 Å². The Morgan fingerprint density at radius 1 is 1.24 bits per heavy atom. The molecule has 0 saturated carbocycles. The number of rotatable bonds is 4. The van der Waals surface area contributed by atoms with Crippen LogP contribution in [0.1, 0.15) is 22.3 Å². The predicted octanol–water partition coefficient (Wildman–Crippen LogP) is 2.05. The van der Waals surface area contributed by atoms with Crippen molar-refractivity contribution < 1.29 is 27.2 Å². The van der Waals surface area contributed by atoms with E-state index in [0.29, 0.717) is 12.1 Å². The predicted molar refractivity (Wildman–Crippen MR) is 67.0 cm³/mol. The maximum atomic E-state index is 13.1. The van der Waals surface area contributed by atoms with Gasteiger partial charge in [-0.1, -0.05) is 0 Å². The highest BCUT2D eigenvalue weighted by atomic mass is 19.4. The molecule has 2 amide bonds.